The lowest BCUT2D eigenvalue weighted by molar-refractivity contribution is 0.0920. The van der Waals surface area contributed by atoms with Crippen LogP contribution in [0.1, 0.15) is 33.2 Å². The number of ether oxygens (including phenoxy) is 1. The van der Waals surface area contributed by atoms with Crippen LogP contribution < -0.4 is 4.90 Å². The number of rotatable bonds is 4. The number of carbonyl (C=O) groups is 1. The van der Waals surface area contributed by atoms with E-state index < -0.39 is 0 Å². The number of fused-ring (bicyclic) bond motifs is 1. The van der Waals surface area contributed by atoms with Crippen LogP contribution in [-0.2, 0) is 4.74 Å². The second-order valence-corrected chi connectivity index (χ2v) is 8.96. The van der Waals surface area contributed by atoms with Crippen molar-refractivity contribution < 1.29 is 9.53 Å². The molecule has 8 heteroatoms. The number of aromatic nitrogens is 2. The van der Waals surface area contributed by atoms with E-state index in [0.29, 0.717) is 21.6 Å². The lowest BCUT2D eigenvalue weighted by atomic mass is 10.2. The fourth-order valence-electron chi connectivity index (χ4n) is 3.09. The fraction of sp³-hybridized carbons (Fsp3) is 0.389. The molecule has 1 saturated heterocycles. The van der Waals surface area contributed by atoms with Crippen LogP contribution in [0.5, 0.6) is 0 Å². The zero-order valence-electron chi connectivity index (χ0n) is 14.5. The van der Waals surface area contributed by atoms with Gasteiger partial charge in [-0.15, -0.1) is 11.3 Å². The van der Waals surface area contributed by atoms with Crippen LogP contribution in [0.25, 0.3) is 10.2 Å². The van der Waals surface area contributed by atoms with Gasteiger partial charge < -0.3 is 4.74 Å². The number of hydrogen-bond donors (Lipinski definition) is 0. The number of carbonyl (C=O) groups excluding carboxylic acids is 1. The molecular formula is C18H18ClN3O2S2. The van der Waals surface area contributed by atoms with Gasteiger partial charge in [-0.25, -0.2) is 9.97 Å². The van der Waals surface area contributed by atoms with Crippen molar-refractivity contribution in [2.24, 2.45) is 0 Å². The highest BCUT2D eigenvalue weighted by Crippen LogP contribution is 2.33. The Labute approximate surface area is 164 Å². The molecule has 3 aromatic rings. The van der Waals surface area contributed by atoms with E-state index in [2.05, 4.69) is 9.97 Å². The molecule has 0 N–H and O–H groups in total. The number of aryl methyl sites for hydroxylation is 2. The molecule has 2 aromatic heterocycles. The van der Waals surface area contributed by atoms with Crippen molar-refractivity contribution >= 4 is 55.5 Å². The van der Waals surface area contributed by atoms with Crippen LogP contribution >= 0.6 is 34.3 Å². The molecule has 3 heterocycles. The number of anilines is 1. The first-order valence-electron chi connectivity index (χ1n) is 8.45. The topological polar surface area (TPSA) is 55.3 Å². The molecule has 1 aliphatic rings. The van der Waals surface area contributed by atoms with Gasteiger partial charge in [0.2, 0.25) is 0 Å². The molecule has 0 aliphatic carbocycles. The molecule has 1 aromatic carbocycles. The van der Waals surface area contributed by atoms with Crippen LogP contribution in [-0.4, -0.2) is 35.1 Å². The van der Waals surface area contributed by atoms with E-state index in [-0.39, 0.29) is 12.0 Å². The van der Waals surface area contributed by atoms with Gasteiger partial charge in [0.05, 0.1) is 33.6 Å². The lowest BCUT2D eigenvalue weighted by Crippen LogP contribution is -2.37. The van der Waals surface area contributed by atoms with Crippen molar-refractivity contribution in [3.63, 3.8) is 0 Å². The third kappa shape index (κ3) is 3.49. The average Bonchev–Trinajstić information content (AvgIpc) is 3.31. The quantitative estimate of drug-likeness (QED) is 0.620. The Morgan fingerprint density at radius 1 is 1.35 bits per heavy atom. The van der Waals surface area contributed by atoms with Gasteiger partial charge in [0.1, 0.15) is 4.88 Å². The SMILES string of the molecule is Cc1nc(C)c(C(=O)N(CC2CCCO2)c2nc3ccc(Cl)cc3s2)s1. The normalized spacial score (nSPS) is 17.1. The number of hydrogen-bond acceptors (Lipinski definition) is 6. The molecule has 26 heavy (non-hydrogen) atoms. The van der Waals surface area contributed by atoms with Crippen LogP contribution in [0.4, 0.5) is 5.13 Å². The van der Waals surface area contributed by atoms with Crippen LogP contribution in [0.15, 0.2) is 18.2 Å². The van der Waals surface area contributed by atoms with Crippen molar-refractivity contribution in [3.8, 4) is 0 Å². The van der Waals surface area contributed by atoms with Crippen molar-refractivity contribution in [1.82, 2.24) is 9.97 Å². The summed E-state index contributed by atoms with van der Waals surface area (Å²) in [6.45, 7) is 5.04. The Hall–Kier alpha value is -1.54. The molecule has 4 rings (SSSR count). The van der Waals surface area contributed by atoms with E-state index in [1.165, 1.54) is 22.7 Å². The second-order valence-electron chi connectivity index (χ2n) is 6.31. The van der Waals surface area contributed by atoms with E-state index in [9.17, 15) is 4.79 Å². The first-order chi connectivity index (χ1) is 12.5. The number of thiazole rings is 2. The van der Waals surface area contributed by atoms with Crippen LogP contribution in [0.2, 0.25) is 5.02 Å². The maximum atomic E-state index is 13.3. The first kappa shape index (κ1) is 17.9. The van der Waals surface area contributed by atoms with Gasteiger partial charge in [-0.05, 0) is 44.9 Å². The molecule has 0 saturated carbocycles. The van der Waals surface area contributed by atoms with Crippen molar-refractivity contribution in [2.45, 2.75) is 32.8 Å². The van der Waals surface area contributed by atoms with Gasteiger partial charge in [0.25, 0.3) is 5.91 Å². The average molecular weight is 408 g/mol. The molecule has 0 bridgehead atoms. The molecular weight excluding hydrogens is 390 g/mol. The predicted molar refractivity (Wildman–Crippen MR) is 107 cm³/mol. The second kappa shape index (κ2) is 7.23. The summed E-state index contributed by atoms with van der Waals surface area (Å²) in [5.74, 6) is -0.0613. The predicted octanol–water partition coefficient (Wildman–Crippen LogP) is 4.85. The van der Waals surface area contributed by atoms with E-state index in [4.69, 9.17) is 16.3 Å². The summed E-state index contributed by atoms with van der Waals surface area (Å²) in [4.78, 5) is 24.8. The Morgan fingerprint density at radius 2 is 2.19 bits per heavy atom. The zero-order chi connectivity index (χ0) is 18.3. The van der Waals surface area contributed by atoms with Gasteiger partial charge in [0, 0.05) is 11.6 Å². The Balaban J connectivity index is 1.73. The summed E-state index contributed by atoms with van der Waals surface area (Å²) in [7, 11) is 0. The van der Waals surface area contributed by atoms with Gasteiger partial charge in [-0.3, -0.25) is 9.69 Å². The van der Waals surface area contributed by atoms with Crippen LogP contribution in [0, 0.1) is 13.8 Å². The molecule has 1 fully saturated rings. The largest absolute Gasteiger partial charge is 0.376 e. The van der Waals surface area contributed by atoms with Crippen molar-refractivity contribution in [2.75, 3.05) is 18.1 Å². The number of nitrogens with zero attached hydrogens (tertiary/aromatic N) is 3. The van der Waals surface area contributed by atoms with Crippen molar-refractivity contribution in [1.29, 1.82) is 0 Å². The molecule has 1 atom stereocenters. The molecule has 5 nitrogen and oxygen atoms in total. The minimum absolute atomic E-state index is 0.0453. The molecule has 0 spiro atoms. The zero-order valence-corrected chi connectivity index (χ0v) is 16.9. The van der Waals surface area contributed by atoms with E-state index in [0.717, 1.165) is 40.4 Å². The monoisotopic (exact) mass is 407 g/mol. The summed E-state index contributed by atoms with van der Waals surface area (Å²) >= 11 is 9.00. The summed E-state index contributed by atoms with van der Waals surface area (Å²) in [5.41, 5.74) is 1.61. The number of amides is 1. The maximum absolute atomic E-state index is 13.3. The van der Waals surface area contributed by atoms with Crippen molar-refractivity contribution in [3.05, 3.63) is 38.8 Å². The minimum Gasteiger partial charge on any atom is -0.376 e. The molecule has 136 valence electrons. The van der Waals surface area contributed by atoms with E-state index in [1.807, 2.05) is 32.0 Å². The first-order valence-corrected chi connectivity index (χ1v) is 10.5. The third-order valence-electron chi connectivity index (χ3n) is 4.32. The van der Waals surface area contributed by atoms with Gasteiger partial charge >= 0.3 is 0 Å². The standard InChI is InChI=1S/C18H18ClN3O2S2/c1-10-16(25-11(2)20-10)17(23)22(9-13-4-3-7-24-13)18-21-14-6-5-12(19)8-15(14)26-18/h5-6,8,13H,3-4,7,9H2,1-2H3. The highest BCUT2D eigenvalue weighted by atomic mass is 35.5. The van der Waals surface area contributed by atoms with E-state index >= 15 is 0 Å². The maximum Gasteiger partial charge on any atom is 0.272 e. The number of benzene rings is 1. The summed E-state index contributed by atoms with van der Waals surface area (Å²) in [6, 6.07) is 5.58. The highest BCUT2D eigenvalue weighted by Gasteiger charge is 2.29. The molecule has 1 aliphatic heterocycles. The van der Waals surface area contributed by atoms with Gasteiger partial charge in [-0.2, -0.15) is 0 Å². The lowest BCUT2D eigenvalue weighted by Gasteiger charge is -2.22. The molecule has 0 radical (unpaired) electrons. The fourth-order valence-corrected chi connectivity index (χ4v) is 5.21. The van der Waals surface area contributed by atoms with Gasteiger partial charge in [0.15, 0.2) is 5.13 Å². The summed E-state index contributed by atoms with van der Waals surface area (Å²) in [5, 5.41) is 2.23. The summed E-state index contributed by atoms with van der Waals surface area (Å²) < 4.78 is 6.74. The summed E-state index contributed by atoms with van der Waals surface area (Å²) in [6.07, 6.45) is 2.03. The smallest absolute Gasteiger partial charge is 0.272 e. The number of halogens is 1. The minimum atomic E-state index is -0.0613. The van der Waals surface area contributed by atoms with E-state index in [1.54, 1.807) is 4.90 Å². The third-order valence-corrected chi connectivity index (χ3v) is 6.66. The Morgan fingerprint density at radius 3 is 2.88 bits per heavy atom. The van der Waals surface area contributed by atoms with Crippen LogP contribution in [0.3, 0.4) is 0 Å². The Kier molecular flexibility index (Phi) is 4.96. The van der Waals surface area contributed by atoms with Gasteiger partial charge in [-0.1, -0.05) is 22.9 Å². The highest BCUT2D eigenvalue weighted by molar-refractivity contribution is 7.22. The molecule has 1 unspecified atom stereocenters. The molecule has 1 amide bonds. The Bertz CT molecular complexity index is 963.